The first-order chi connectivity index (χ1) is 13.1. The van der Waals surface area contributed by atoms with Crippen molar-refractivity contribution in [1.29, 1.82) is 0 Å². The van der Waals surface area contributed by atoms with Crippen LogP contribution in [0, 0.1) is 5.82 Å². The maximum atomic E-state index is 13.3. The van der Waals surface area contributed by atoms with Gasteiger partial charge in [0.15, 0.2) is 5.82 Å². The lowest BCUT2D eigenvalue weighted by Crippen LogP contribution is -2.27. The van der Waals surface area contributed by atoms with Gasteiger partial charge in [0.05, 0.1) is 10.6 Å². The average Bonchev–Trinajstić information content (AvgIpc) is 3.42. The molecule has 3 heterocycles. The van der Waals surface area contributed by atoms with Gasteiger partial charge in [-0.15, -0.1) is 16.4 Å². The summed E-state index contributed by atoms with van der Waals surface area (Å²) in [6, 6.07) is 11.8. The van der Waals surface area contributed by atoms with Crippen molar-refractivity contribution in [3.05, 3.63) is 75.8 Å². The molecule has 0 saturated heterocycles. The number of thiophene rings is 2. The van der Waals surface area contributed by atoms with E-state index in [0.29, 0.717) is 18.1 Å². The molecule has 0 N–H and O–H groups in total. The summed E-state index contributed by atoms with van der Waals surface area (Å²) in [5.41, 5.74) is 1.71. The summed E-state index contributed by atoms with van der Waals surface area (Å²) in [5, 5.41) is 10.3. The van der Waals surface area contributed by atoms with E-state index in [9.17, 15) is 9.18 Å². The number of carbonyl (C=O) groups excluding carboxylic acids is 1. The maximum Gasteiger partial charge on any atom is 0.293 e. The molecule has 27 heavy (non-hydrogen) atoms. The van der Waals surface area contributed by atoms with Crippen molar-refractivity contribution in [2.24, 2.45) is 0 Å². The van der Waals surface area contributed by atoms with Crippen LogP contribution in [-0.2, 0) is 6.54 Å². The number of hydrogen-bond acceptors (Lipinski definition) is 5. The number of benzene rings is 1. The van der Waals surface area contributed by atoms with Crippen molar-refractivity contribution in [2.45, 2.75) is 6.54 Å². The second-order valence-electron chi connectivity index (χ2n) is 5.92. The van der Waals surface area contributed by atoms with Crippen molar-refractivity contribution < 1.29 is 9.18 Å². The summed E-state index contributed by atoms with van der Waals surface area (Å²) in [6.07, 6.45) is 0. The second kappa shape index (κ2) is 7.42. The molecule has 1 amide bonds. The fraction of sp³-hybridized carbons (Fsp3) is 0.105. The van der Waals surface area contributed by atoms with Crippen LogP contribution in [0.5, 0.6) is 0 Å². The molecule has 0 aliphatic carbocycles. The third kappa shape index (κ3) is 3.67. The highest BCUT2D eigenvalue weighted by Gasteiger charge is 2.22. The monoisotopic (exact) mass is 398 g/mol. The van der Waals surface area contributed by atoms with E-state index in [4.69, 9.17) is 0 Å². The lowest BCUT2D eigenvalue weighted by atomic mass is 10.3. The molecule has 4 rings (SSSR count). The zero-order valence-electron chi connectivity index (χ0n) is 14.4. The normalized spacial score (nSPS) is 10.9. The molecular formula is C19H15FN4OS2. The molecule has 0 unspecified atom stereocenters. The Balaban J connectivity index is 1.70. The lowest BCUT2D eigenvalue weighted by Gasteiger charge is -2.13. The fourth-order valence-electron chi connectivity index (χ4n) is 2.63. The predicted octanol–water partition coefficient (Wildman–Crippen LogP) is 4.47. The maximum absolute atomic E-state index is 13.3. The van der Waals surface area contributed by atoms with Gasteiger partial charge in [0, 0.05) is 13.6 Å². The third-order valence-electron chi connectivity index (χ3n) is 3.96. The molecule has 0 aliphatic rings. The van der Waals surface area contributed by atoms with E-state index in [1.807, 2.05) is 34.3 Å². The van der Waals surface area contributed by atoms with Crippen molar-refractivity contribution >= 4 is 28.6 Å². The van der Waals surface area contributed by atoms with Crippen LogP contribution in [0.3, 0.4) is 0 Å². The summed E-state index contributed by atoms with van der Waals surface area (Å²) >= 11 is 3.09. The Labute approximate surface area is 163 Å². The first-order valence-electron chi connectivity index (χ1n) is 8.15. The van der Waals surface area contributed by atoms with Crippen molar-refractivity contribution in [2.75, 3.05) is 7.05 Å². The largest absolute Gasteiger partial charge is 0.335 e. The first kappa shape index (κ1) is 17.6. The van der Waals surface area contributed by atoms with Crippen LogP contribution in [-0.4, -0.2) is 32.6 Å². The molecule has 0 aliphatic heterocycles. The van der Waals surface area contributed by atoms with E-state index in [1.54, 1.807) is 40.1 Å². The van der Waals surface area contributed by atoms with Gasteiger partial charge in [-0.2, -0.15) is 11.3 Å². The minimum atomic E-state index is -0.330. The fourth-order valence-corrected chi connectivity index (χ4v) is 3.99. The van der Waals surface area contributed by atoms with Gasteiger partial charge in [-0.05, 0) is 58.1 Å². The molecular weight excluding hydrogens is 383 g/mol. The van der Waals surface area contributed by atoms with Gasteiger partial charge in [0.2, 0.25) is 5.82 Å². The smallest absolute Gasteiger partial charge is 0.293 e. The third-order valence-corrected chi connectivity index (χ3v) is 5.56. The minimum Gasteiger partial charge on any atom is -0.335 e. The molecule has 5 nitrogen and oxygen atoms in total. The molecule has 4 aromatic rings. The number of hydrogen-bond donors (Lipinski definition) is 0. The Morgan fingerprint density at radius 3 is 2.67 bits per heavy atom. The Hall–Kier alpha value is -2.84. The number of rotatable bonds is 5. The van der Waals surface area contributed by atoms with E-state index in [2.05, 4.69) is 10.1 Å². The highest BCUT2D eigenvalue weighted by molar-refractivity contribution is 7.13. The van der Waals surface area contributed by atoms with Crippen LogP contribution in [0.4, 0.5) is 4.39 Å². The number of halogens is 1. The highest BCUT2D eigenvalue weighted by Crippen LogP contribution is 2.26. The van der Waals surface area contributed by atoms with E-state index >= 15 is 0 Å². The van der Waals surface area contributed by atoms with Gasteiger partial charge in [-0.1, -0.05) is 6.07 Å². The Kier molecular flexibility index (Phi) is 4.83. The van der Waals surface area contributed by atoms with Crippen LogP contribution in [0.1, 0.15) is 16.2 Å². The number of carbonyl (C=O) groups is 1. The zero-order chi connectivity index (χ0) is 18.8. The Morgan fingerprint density at radius 2 is 2.00 bits per heavy atom. The zero-order valence-corrected chi connectivity index (χ0v) is 16.0. The van der Waals surface area contributed by atoms with E-state index in [0.717, 1.165) is 10.4 Å². The number of amides is 1. The summed E-state index contributed by atoms with van der Waals surface area (Å²) in [6.45, 7) is 0.488. The van der Waals surface area contributed by atoms with E-state index < -0.39 is 0 Å². The summed E-state index contributed by atoms with van der Waals surface area (Å²) < 4.78 is 14.9. The lowest BCUT2D eigenvalue weighted by molar-refractivity contribution is 0.0773. The summed E-state index contributed by atoms with van der Waals surface area (Å²) in [4.78, 5) is 19.8. The molecule has 0 bridgehead atoms. The summed E-state index contributed by atoms with van der Waals surface area (Å²) in [7, 11) is 1.73. The van der Waals surface area contributed by atoms with Crippen LogP contribution in [0.2, 0.25) is 0 Å². The molecule has 0 fully saturated rings. The second-order valence-corrected chi connectivity index (χ2v) is 7.65. The number of aromatic nitrogens is 3. The molecule has 0 atom stereocenters. The van der Waals surface area contributed by atoms with Gasteiger partial charge in [-0.3, -0.25) is 4.79 Å². The Morgan fingerprint density at radius 1 is 1.19 bits per heavy atom. The quantitative estimate of drug-likeness (QED) is 0.498. The van der Waals surface area contributed by atoms with Crippen molar-refractivity contribution in [3.63, 3.8) is 0 Å². The molecule has 0 radical (unpaired) electrons. The first-order valence-corrected chi connectivity index (χ1v) is 9.97. The van der Waals surface area contributed by atoms with Gasteiger partial charge in [-0.25, -0.2) is 14.1 Å². The van der Waals surface area contributed by atoms with Gasteiger partial charge in [0.25, 0.3) is 5.91 Å². The SMILES string of the molecule is CN(Cc1ccsc1)C(=O)c1nc(-c2cccs2)n(-c2ccc(F)cc2)n1. The van der Waals surface area contributed by atoms with Gasteiger partial charge in [0.1, 0.15) is 5.82 Å². The molecule has 1 aromatic carbocycles. The molecule has 8 heteroatoms. The number of nitrogens with zero attached hydrogens (tertiary/aromatic N) is 4. The molecule has 136 valence electrons. The van der Waals surface area contributed by atoms with E-state index in [1.165, 1.54) is 23.5 Å². The Bertz CT molecular complexity index is 1040. The van der Waals surface area contributed by atoms with Gasteiger partial charge < -0.3 is 4.90 Å². The molecule has 3 aromatic heterocycles. The highest BCUT2D eigenvalue weighted by atomic mass is 32.1. The van der Waals surface area contributed by atoms with Crippen molar-refractivity contribution in [1.82, 2.24) is 19.7 Å². The van der Waals surface area contributed by atoms with E-state index in [-0.39, 0.29) is 17.5 Å². The van der Waals surface area contributed by atoms with Crippen molar-refractivity contribution in [3.8, 4) is 16.4 Å². The standard InChI is InChI=1S/C19H15FN4OS2/c1-23(11-13-8-10-26-12-13)19(25)17-21-18(16-3-2-9-27-16)24(22-17)15-6-4-14(20)5-7-15/h2-10,12H,11H2,1H3. The van der Waals surface area contributed by atoms with Crippen LogP contribution in [0.25, 0.3) is 16.4 Å². The van der Waals surface area contributed by atoms with Crippen LogP contribution < -0.4 is 0 Å². The predicted molar refractivity (Wildman–Crippen MR) is 105 cm³/mol. The average molecular weight is 398 g/mol. The molecule has 0 saturated carbocycles. The van der Waals surface area contributed by atoms with Crippen LogP contribution in [0.15, 0.2) is 58.6 Å². The topological polar surface area (TPSA) is 51.0 Å². The minimum absolute atomic E-state index is 0.112. The van der Waals surface area contributed by atoms with Crippen LogP contribution >= 0.6 is 22.7 Å². The summed E-state index contributed by atoms with van der Waals surface area (Å²) in [5.74, 6) is 0.0764. The molecule has 0 spiro atoms. The van der Waals surface area contributed by atoms with Gasteiger partial charge >= 0.3 is 0 Å².